The maximum atomic E-state index is 11.8. The van der Waals surface area contributed by atoms with Gasteiger partial charge < -0.3 is 14.1 Å². The van der Waals surface area contributed by atoms with Gasteiger partial charge in [-0.2, -0.15) is 0 Å². The normalized spacial score (nSPS) is 10.9. The molecule has 0 aliphatic carbocycles. The lowest BCUT2D eigenvalue weighted by Crippen LogP contribution is -2.28. The molecule has 0 atom stereocenters. The number of hydrogen-bond acceptors (Lipinski definition) is 5. The van der Waals surface area contributed by atoms with Gasteiger partial charge in [-0.1, -0.05) is 6.07 Å². The lowest BCUT2D eigenvalue weighted by Gasteiger charge is -2.08. The smallest absolute Gasteiger partial charge is 0.320 e. The van der Waals surface area contributed by atoms with Crippen LogP contribution in [0.15, 0.2) is 59.7 Å². The Labute approximate surface area is 161 Å². The van der Waals surface area contributed by atoms with E-state index in [4.69, 9.17) is 4.42 Å². The second kappa shape index (κ2) is 7.91. The Morgan fingerprint density at radius 2 is 2.14 bits per heavy atom. The predicted molar refractivity (Wildman–Crippen MR) is 105 cm³/mol. The molecule has 0 fully saturated rings. The summed E-state index contributed by atoms with van der Waals surface area (Å²) in [5, 5.41) is 5.47. The minimum atomic E-state index is -0.278. The maximum absolute atomic E-state index is 11.8. The number of pyridine rings is 2. The van der Waals surface area contributed by atoms with Gasteiger partial charge in [0.15, 0.2) is 11.7 Å². The van der Waals surface area contributed by atoms with Crippen LogP contribution in [-0.4, -0.2) is 31.9 Å². The molecular weight excluding hydrogens is 356 g/mol. The SMILES string of the molecule is CCNC(=O)Nc1cn2c(CCc3ncco3)cc(-c3cccnc3)cc2n1. The molecule has 0 aliphatic heterocycles. The third kappa shape index (κ3) is 3.85. The van der Waals surface area contributed by atoms with Crippen molar-refractivity contribution in [3.8, 4) is 11.1 Å². The van der Waals surface area contributed by atoms with Crippen molar-refractivity contribution in [3.63, 3.8) is 0 Å². The van der Waals surface area contributed by atoms with Gasteiger partial charge in [-0.3, -0.25) is 10.3 Å². The van der Waals surface area contributed by atoms with Crippen LogP contribution in [0, 0.1) is 0 Å². The third-order valence-electron chi connectivity index (χ3n) is 4.30. The molecule has 4 heterocycles. The molecule has 4 rings (SSSR count). The lowest BCUT2D eigenvalue weighted by molar-refractivity contribution is 0.252. The van der Waals surface area contributed by atoms with Crippen molar-refractivity contribution in [2.75, 3.05) is 11.9 Å². The van der Waals surface area contributed by atoms with Crippen molar-refractivity contribution in [2.45, 2.75) is 19.8 Å². The molecular formula is C20H20N6O2. The summed E-state index contributed by atoms with van der Waals surface area (Å²) in [5.74, 6) is 1.17. The number of fused-ring (bicyclic) bond motifs is 1. The first-order chi connectivity index (χ1) is 13.7. The van der Waals surface area contributed by atoms with Gasteiger partial charge >= 0.3 is 6.03 Å². The van der Waals surface area contributed by atoms with Crippen LogP contribution in [0.4, 0.5) is 10.6 Å². The number of imidazole rings is 1. The number of hydrogen-bond donors (Lipinski definition) is 2. The highest BCUT2D eigenvalue weighted by molar-refractivity contribution is 5.88. The Kier molecular flexibility index (Phi) is 5.01. The topological polar surface area (TPSA) is 97.4 Å². The van der Waals surface area contributed by atoms with Crippen LogP contribution in [-0.2, 0) is 12.8 Å². The van der Waals surface area contributed by atoms with Crippen LogP contribution >= 0.6 is 0 Å². The van der Waals surface area contributed by atoms with E-state index < -0.39 is 0 Å². The number of amides is 2. The van der Waals surface area contributed by atoms with Crippen molar-refractivity contribution >= 4 is 17.5 Å². The number of anilines is 1. The Morgan fingerprint density at radius 3 is 2.89 bits per heavy atom. The first-order valence-electron chi connectivity index (χ1n) is 9.08. The molecule has 8 heteroatoms. The van der Waals surface area contributed by atoms with Gasteiger partial charge in [0.2, 0.25) is 0 Å². The number of aryl methyl sites for hydroxylation is 2. The highest BCUT2D eigenvalue weighted by atomic mass is 16.3. The van der Waals surface area contributed by atoms with Crippen LogP contribution < -0.4 is 10.6 Å². The molecule has 0 unspecified atom stereocenters. The average Bonchev–Trinajstić information content (AvgIpc) is 3.36. The standard InChI is InChI=1S/C20H20N6O2/c1-2-22-20(27)25-17-13-26-16(5-6-19-23-8-9-28-19)10-15(11-18(26)24-17)14-4-3-7-21-12-14/h3-4,7-13H,2,5-6H2,1H3,(H2,22,25,27). The zero-order valence-electron chi connectivity index (χ0n) is 15.4. The highest BCUT2D eigenvalue weighted by Crippen LogP contribution is 2.24. The fraction of sp³-hybridized carbons (Fsp3) is 0.200. The molecule has 142 valence electrons. The number of oxazole rings is 1. The summed E-state index contributed by atoms with van der Waals surface area (Å²) >= 11 is 0. The van der Waals surface area contributed by atoms with Gasteiger partial charge in [0.05, 0.1) is 12.4 Å². The monoisotopic (exact) mass is 376 g/mol. The molecule has 2 N–H and O–H groups in total. The summed E-state index contributed by atoms with van der Waals surface area (Å²) in [6.07, 6.45) is 9.97. The molecule has 2 amide bonds. The Bertz CT molecular complexity index is 1070. The zero-order valence-corrected chi connectivity index (χ0v) is 15.4. The highest BCUT2D eigenvalue weighted by Gasteiger charge is 2.12. The third-order valence-corrected chi connectivity index (χ3v) is 4.30. The number of nitrogens with one attached hydrogen (secondary N) is 2. The van der Waals surface area contributed by atoms with E-state index in [-0.39, 0.29) is 6.03 Å². The molecule has 8 nitrogen and oxygen atoms in total. The number of carbonyl (C=O) groups excluding carboxylic acids is 1. The first-order valence-corrected chi connectivity index (χ1v) is 9.08. The quantitative estimate of drug-likeness (QED) is 0.538. The van der Waals surface area contributed by atoms with E-state index in [9.17, 15) is 4.79 Å². The molecule has 0 radical (unpaired) electrons. The maximum Gasteiger partial charge on any atom is 0.320 e. The van der Waals surface area contributed by atoms with Gasteiger partial charge in [-0.25, -0.2) is 14.8 Å². The Hall–Kier alpha value is -3.68. The van der Waals surface area contributed by atoms with E-state index in [2.05, 4.69) is 31.7 Å². The van der Waals surface area contributed by atoms with Gasteiger partial charge in [0.25, 0.3) is 0 Å². The van der Waals surface area contributed by atoms with Crippen molar-refractivity contribution in [1.82, 2.24) is 24.7 Å². The molecule has 0 aromatic carbocycles. The van der Waals surface area contributed by atoms with Gasteiger partial charge in [0, 0.05) is 36.6 Å². The Morgan fingerprint density at radius 1 is 1.21 bits per heavy atom. The van der Waals surface area contributed by atoms with E-state index >= 15 is 0 Å². The number of nitrogens with zero attached hydrogens (tertiary/aromatic N) is 4. The van der Waals surface area contributed by atoms with Gasteiger partial charge in [0.1, 0.15) is 11.9 Å². The summed E-state index contributed by atoms with van der Waals surface area (Å²) in [6.45, 7) is 2.41. The summed E-state index contributed by atoms with van der Waals surface area (Å²) in [6, 6.07) is 7.71. The zero-order chi connectivity index (χ0) is 19.3. The van der Waals surface area contributed by atoms with Crippen LogP contribution in [0.2, 0.25) is 0 Å². The molecule has 0 spiro atoms. The van der Waals surface area contributed by atoms with E-state index in [0.717, 1.165) is 22.5 Å². The predicted octanol–water partition coefficient (Wildman–Crippen LogP) is 3.31. The molecule has 0 bridgehead atoms. The molecule has 0 saturated heterocycles. The molecule has 4 aromatic heterocycles. The largest absolute Gasteiger partial charge is 0.449 e. The Balaban J connectivity index is 1.71. The van der Waals surface area contributed by atoms with Crippen molar-refractivity contribution in [2.24, 2.45) is 0 Å². The number of urea groups is 1. The minimum absolute atomic E-state index is 0.278. The fourth-order valence-electron chi connectivity index (χ4n) is 3.04. The van der Waals surface area contributed by atoms with E-state index in [1.807, 2.05) is 41.9 Å². The van der Waals surface area contributed by atoms with Crippen LogP contribution in [0.5, 0.6) is 0 Å². The second-order valence-electron chi connectivity index (χ2n) is 6.24. The van der Waals surface area contributed by atoms with E-state index in [0.29, 0.717) is 31.1 Å². The van der Waals surface area contributed by atoms with Gasteiger partial charge in [-0.05, 0) is 37.1 Å². The molecule has 28 heavy (non-hydrogen) atoms. The van der Waals surface area contributed by atoms with E-state index in [1.54, 1.807) is 18.7 Å². The summed E-state index contributed by atoms with van der Waals surface area (Å²) in [4.78, 5) is 24.8. The summed E-state index contributed by atoms with van der Waals surface area (Å²) in [5.41, 5.74) is 3.79. The fourth-order valence-corrected chi connectivity index (χ4v) is 3.04. The van der Waals surface area contributed by atoms with Crippen LogP contribution in [0.25, 0.3) is 16.8 Å². The molecule has 4 aromatic rings. The minimum Gasteiger partial charge on any atom is -0.449 e. The van der Waals surface area contributed by atoms with Crippen molar-refractivity contribution in [3.05, 3.63) is 66.9 Å². The van der Waals surface area contributed by atoms with Crippen LogP contribution in [0.3, 0.4) is 0 Å². The van der Waals surface area contributed by atoms with E-state index in [1.165, 1.54) is 0 Å². The summed E-state index contributed by atoms with van der Waals surface area (Å²) in [7, 11) is 0. The molecule has 0 aliphatic rings. The van der Waals surface area contributed by atoms with Crippen molar-refractivity contribution < 1.29 is 9.21 Å². The summed E-state index contributed by atoms with van der Waals surface area (Å²) < 4.78 is 7.33. The van der Waals surface area contributed by atoms with Gasteiger partial charge in [-0.15, -0.1) is 0 Å². The number of aromatic nitrogens is 4. The first kappa shape index (κ1) is 17.7. The lowest BCUT2D eigenvalue weighted by atomic mass is 10.1. The average molecular weight is 376 g/mol. The number of rotatable bonds is 6. The van der Waals surface area contributed by atoms with Crippen molar-refractivity contribution in [1.29, 1.82) is 0 Å². The second-order valence-corrected chi connectivity index (χ2v) is 6.24. The molecule has 0 saturated carbocycles. The number of carbonyl (C=O) groups is 1. The van der Waals surface area contributed by atoms with Crippen LogP contribution in [0.1, 0.15) is 18.5 Å².